The zero-order valence-corrected chi connectivity index (χ0v) is 11.7. The Morgan fingerprint density at radius 2 is 2.38 bits per heavy atom. The predicted molar refractivity (Wildman–Crippen MR) is 72.0 cm³/mol. The summed E-state index contributed by atoms with van der Waals surface area (Å²) in [5.74, 6) is 0. The summed E-state index contributed by atoms with van der Waals surface area (Å²) in [6.07, 6.45) is 3.88. The van der Waals surface area contributed by atoms with Gasteiger partial charge in [0.05, 0.1) is 15.7 Å². The Balaban J connectivity index is 1.96. The van der Waals surface area contributed by atoms with E-state index in [1.807, 2.05) is 17.1 Å². The van der Waals surface area contributed by atoms with Crippen molar-refractivity contribution < 1.29 is 0 Å². The fourth-order valence-electron chi connectivity index (χ4n) is 1.43. The maximum Gasteiger partial charge on any atom is 0.0731 e. The minimum Gasteiger partial charge on any atom is -0.378 e. The predicted octanol–water partition coefficient (Wildman–Crippen LogP) is 3.65. The van der Waals surface area contributed by atoms with Crippen LogP contribution in [0.3, 0.4) is 0 Å². The number of halogens is 1. The SMILES string of the molecule is CCn1cc(NCc2cc(C)c(Br)s2)cn1. The molecule has 0 bridgehead atoms. The molecule has 1 N–H and O–H groups in total. The summed E-state index contributed by atoms with van der Waals surface area (Å²) in [4.78, 5) is 1.33. The Kier molecular flexibility index (Phi) is 3.66. The van der Waals surface area contributed by atoms with Crippen molar-refractivity contribution in [3.63, 3.8) is 0 Å². The second-order valence-electron chi connectivity index (χ2n) is 3.61. The standard InChI is InChI=1S/C11H14BrN3S/c1-3-15-7-9(5-14-15)13-6-10-4-8(2)11(12)16-10/h4-5,7,13H,3,6H2,1-2H3. The second-order valence-corrected chi connectivity index (χ2v) is 6.06. The van der Waals surface area contributed by atoms with E-state index in [9.17, 15) is 0 Å². The topological polar surface area (TPSA) is 29.9 Å². The first-order valence-electron chi connectivity index (χ1n) is 5.20. The molecule has 2 heterocycles. The number of aromatic nitrogens is 2. The van der Waals surface area contributed by atoms with Gasteiger partial charge in [-0.25, -0.2) is 0 Å². The lowest BCUT2D eigenvalue weighted by atomic mass is 10.3. The number of hydrogen-bond acceptors (Lipinski definition) is 3. The molecule has 0 unspecified atom stereocenters. The number of hydrogen-bond donors (Lipinski definition) is 1. The van der Waals surface area contributed by atoms with Crippen LogP contribution in [0.25, 0.3) is 0 Å². The van der Waals surface area contributed by atoms with Crippen LogP contribution in [0.1, 0.15) is 17.4 Å². The number of thiophene rings is 1. The van der Waals surface area contributed by atoms with Gasteiger partial charge in [0.25, 0.3) is 0 Å². The van der Waals surface area contributed by atoms with Crippen molar-refractivity contribution in [2.75, 3.05) is 5.32 Å². The van der Waals surface area contributed by atoms with E-state index in [1.54, 1.807) is 11.3 Å². The summed E-state index contributed by atoms with van der Waals surface area (Å²) in [5, 5.41) is 7.58. The van der Waals surface area contributed by atoms with E-state index in [1.165, 1.54) is 14.2 Å². The average molecular weight is 300 g/mol. The lowest BCUT2D eigenvalue weighted by Gasteiger charge is -1.99. The smallest absolute Gasteiger partial charge is 0.0731 e. The molecular formula is C11H14BrN3S. The average Bonchev–Trinajstić information content (AvgIpc) is 2.84. The summed E-state index contributed by atoms with van der Waals surface area (Å²) in [6.45, 7) is 5.95. The monoisotopic (exact) mass is 299 g/mol. The molecule has 0 saturated carbocycles. The fraction of sp³-hybridized carbons (Fsp3) is 0.364. The van der Waals surface area contributed by atoms with E-state index < -0.39 is 0 Å². The van der Waals surface area contributed by atoms with Gasteiger partial charge >= 0.3 is 0 Å². The molecule has 0 saturated heterocycles. The maximum absolute atomic E-state index is 4.22. The van der Waals surface area contributed by atoms with Gasteiger partial charge in [0.2, 0.25) is 0 Å². The highest BCUT2D eigenvalue weighted by atomic mass is 79.9. The van der Waals surface area contributed by atoms with Crippen LogP contribution in [0.5, 0.6) is 0 Å². The molecule has 16 heavy (non-hydrogen) atoms. The van der Waals surface area contributed by atoms with Gasteiger partial charge in [-0.3, -0.25) is 4.68 Å². The molecule has 0 spiro atoms. The molecule has 0 aliphatic rings. The first-order chi connectivity index (χ1) is 7.69. The van der Waals surface area contributed by atoms with E-state index in [0.717, 1.165) is 18.8 Å². The third kappa shape index (κ3) is 2.65. The molecule has 0 radical (unpaired) electrons. The molecule has 3 nitrogen and oxygen atoms in total. The Bertz CT molecular complexity index is 456. The van der Waals surface area contributed by atoms with E-state index in [2.05, 4.69) is 46.3 Å². The molecule has 86 valence electrons. The van der Waals surface area contributed by atoms with Gasteiger partial charge in [0.15, 0.2) is 0 Å². The summed E-state index contributed by atoms with van der Waals surface area (Å²) in [6, 6.07) is 2.20. The highest BCUT2D eigenvalue weighted by molar-refractivity contribution is 9.11. The van der Waals surface area contributed by atoms with Crippen LogP contribution in [0.4, 0.5) is 5.69 Å². The van der Waals surface area contributed by atoms with Crippen molar-refractivity contribution in [2.24, 2.45) is 0 Å². The molecular weight excluding hydrogens is 286 g/mol. The zero-order valence-electron chi connectivity index (χ0n) is 9.33. The minimum absolute atomic E-state index is 0.854. The van der Waals surface area contributed by atoms with E-state index in [0.29, 0.717) is 0 Å². The largest absolute Gasteiger partial charge is 0.378 e. The third-order valence-electron chi connectivity index (χ3n) is 2.33. The van der Waals surface area contributed by atoms with Crippen LogP contribution >= 0.6 is 27.3 Å². The molecule has 2 aromatic rings. The van der Waals surface area contributed by atoms with Gasteiger partial charge in [0.1, 0.15) is 0 Å². The number of rotatable bonds is 4. The van der Waals surface area contributed by atoms with Gasteiger partial charge in [-0.2, -0.15) is 5.10 Å². The number of nitrogens with zero attached hydrogens (tertiary/aromatic N) is 2. The van der Waals surface area contributed by atoms with Crippen molar-refractivity contribution in [1.29, 1.82) is 0 Å². The molecule has 0 amide bonds. The highest BCUT2D eigenvalue weighted by Gasteiger charge is 2.03. The Labute approximate surface area is 108 Å². The van der Waals surface area contributed by atoms with Crippen molar-refractivity contribution >= 4 is 33.0 Å². The first-order valence-corrected chi connectivity index (χ1v) is 6.81. The summed E-state index contributed by atoms with van der Waals surface area (Å²) < 4.78 is 3.13. The van der Waals surface area contributed by atoms with Crippen LogP contribution in [0.2, 0.25) is 0 Å². The van der Waals surface area contributed by atoms with Crippen LogP contribution in [0, 0.1) is 6.92 Å². The molecule has 0 fully saturated rings. The van der Waals surface area contributed by atoms with E-state index >= 15 is 0 Å². The minimum atomic E-state index is 0.854. The number of anilines is 1. The van der Waals surface area contributed by atoms with Crippen LogP contribution < -0.4 is 5.32 Å². The molecule has 2 aromatic heterocycles. The van der Waals surface area contributed by atoms with Gasteiger partial charge in [-0.15, -0.1) is 11.3 Å². The summed E-state index contributed by atoms with van der Waals surface area (Å²) >= 11 is 5.30. The lowest BCUT2D eigenvalue weighted by molar-refractivity contribution is 0.660. The van der Waals surface area contributed by atoms with Crippen LogP contribution in [0.15, 0.2) is 22.2 Å². The molecule has 0 aliphatic heterocycles. The Morgan fingerprint density at radius 3 is 2.94 bits per heavy atom. The van der Waals surface area contributed by atoms with Crippen molar-refractivity contribution in [3.8, 4) is 0 Å². The molecule has 0 aliphatic carbocycles. The summed E-state index contributed by atoms with van der Waals surface area (Å²) in [5.41, 5.74) is 2.37. The lowest BCUT2D eigenvalue weighted by Crippen LogP contribution is -1.96. The third-order valence-corrected chi connectivity index (χ3v) is 4.47. The normalized spacial score (nSPS) is 10.7. The molecule has 5 heteroatoms. The Hall–Kier alpha value is -0.810. The van der Waals surface area contributed by atoms with Gasteiger partial charge in [0, 0.05) is 24.2 Å². The summed E-state index contributed by atoms with van der Waals surface area (Å²) in [7, 11) is 0. The van der Waals surface area contributed by atoms with Crippen molar-refractivity contribution in [1.82, 2.24) is 9.78 Å². The molecule has 0 aromatic carbocycles. The van der Waals surface area contributed by atoms with Crippen LogP contribution in [-0.4, -0.2) is 9.78 Å². The zero-order chi connectivity index (χ0) is 11.5. The fourth-order valence-corrected chi connectivity index (χ4v) is 3.00. The van der Waals surface area contributed by atoms with Gasteiger partial charge in [-0.1, -0.05) is 0 Å². The van der Waals surface area contributed by atoms with Crippen LogP contribution in [-0.2, 0) is 13.1 Å². The molecule has 0 atom stereocenters. The maximum atomic E-state index is 4.22. The Morgan fingerprint density at radius 1 is 1.56 bits per heavy atom. The van der Waals surface area contributed by atoms with E-state index in [4.69, 9.17) is 0 Å². The second kappa shape index (κ2) is 5.01. The van der Waals surface area contributed by atoms with Gasteiger partial charge in [-0.05, 0) is 41.4 Å². The van der Waals surface area contributed by atoms with Crippen molar-refractivity contribution in [2.45, 2.75) is 26.9 Å². The van der Waals surface area contributed by atoms with E-state index in [-0.39, 0.29) is 0 Å². The number of aryl methyl sites for hydroxylation is 2. The van der Waals surface area contributed by atoms with Crippen molar-refractivity contribution in [3.05, 3.63) is 32.7 Å². The first kappa shape index (κ1) is 11.7. The quantitative estimate of drug-likeness (QED) is 0.934. The molecule has 2 rings (SSSR count). The number of nitrogens with one attached hydrogen (secondary N) is 1. The van der Waals surface area contributed by atoms with Gasteiger partial charge < -0.3 is 5.32 Å². The highest BCUT2D eigenvalue weighted by Crippen LogP contribution is 2.27.